The van der Waals surface area contributed by atoms with Crippen molar-refractivity contribution in [1.29, 1.82) is 0 Å². The topological polar surface area (TPSA) is 55.3 Å². The molecule has 0 aliphatic carbocycles. The van der Waals surface area contributed by atoms with Crippen molar-refractivity contribution >= 4 is 23.7 Å². The molecule has 0 N–H and O–H groups in total. The van der Waals surface area contributed by atoms with Crippen molar-refractivity contribution in [2.75, 3.05) is 36.6 Å². The average Bonchev–Trinajstić information content (AvgIpc) is 2.48. The molecule has 2 rings (SSSR count). The number of rotatable bonds is 5. The van der Waals surface area contributed by atoms with Gasteiger partial charge < -0.3 is 9.64 Å². The normalized spacial score (nSPS) is 16.4. The van der Waals surface area contributed by atoms with Gasteiger partial charge in [0.15, 0.2) is 0 Å². The highest BCUT2D eigenvalue weighted by atomic mass is 32.2. The van der Waals surface area contributed by atoms with E-state index in [1.54, 1.807) is 30.2 Å². The van der Waals surface area contributed by atoms with Crippen LogP contribution in [-0.4, -0.2) is 47.6 Å². The van der Waals surface area contributed by atoms with Crippen molar-refractivity contribution in [3.8, 4) is 0 Å². The summed E-state index contributed by atoms with van der Waals surface area (Å²) in [6.45, 7) is 2.14. The minimum absolute atomic E-state index is 0.0295. The number of thioether (sulfide) groups is 1. The van der Waals surface area contributed by atoms with E-state index < -0.39 is 0 Å². The minimum Gasteiger partial charge on any atom is -0.465 e. The van der Waals surface area contributed by atoms with E-state index in [4.69, 9.17) is 4.74 Å². The zero-order chi connectivity index (χ0) is 13.5. The first-order valence-corrected chi connectivity index (χ1v) is 7.88. The second-order valence-corrected chi connectivity index (χ2v) is 5.46. The van der Waals surface area contributed by atoms with Crippen LogP contribution in [0.25, 0.3) is 0 Å². The van der Waals surface area contributed by atoms with E-state index in [0.717, 1.165) is 37.6 Å². The number of nitrogens with zero attached hydrogens (tertiary/aromatic N) is 3. The smallest absolute Gasteiger partial charge is 0.309 e. The molecule has 1 fully saturated rings. The highest BCUT2D eigenvalue weighted by Gasteiger charge is 2.26. The number of carbonyl (C=O) groups is 1. The Balaban J connectivity index is 1.77. The van der Waals surface area contributed by atoms with Crippen LogP contribution in [0, 0.1) is 5.92 Å². The van der Waals surface area contributed by atoms with Gasteiger partial charge in [-0.25, -0.2) is 9.97 Å². The number of hydrogen-bond acceptors (Lipinski definition) is 6. The largest absolute Gasteiger partial charge is 0.465 e. The fraction of sp³-hybridized carbons (Fsp3) is 0.615. The van der Waals surface area contributed by atoms with Crippen LogP contribution in [0.1, 0.15) is 12.8 Å². The Hall–Kier alpha value is -1.30. The summed E-state index contributed by atoms with van der Waals surface area (Å²) in [5.74, 6) is 1.59. The van der Waals surface area contributed by atoms with Crippen LogP contribution in [0.15, 0.2) is 18.5 Å². The Labute approximate surface area is 117 Å². The fourth-order valence-electron chi connectivity index (χ4n) is 2.11. The lowest BCUT2D eigenvalue weighted by Crippen LogP contribution is -2.38. The van der Waals surface area contributed by atoms with Crippen molar-refractivity contribution in [3.63, 3.8) is 0 Å². The van der Waals surface area contributed by atoms with Gasteiger partial charge in [0.05, 0.1) is 5.92 Å². The number of esters is 1. The summed E-state index contributed by atoms with van der Waals surface area (Å²) in [5, 5.41) is 0. The molecule has 1 saturated heterocycles. The van der Waals surface area contributed by atoms with E-state index >= 15 is 0 Å². The standard InChI is InChI=1S/C13H19N3O2S/c1-19-10-9-18-12(17)11-3-7-16(8-4-11)13-14-5-2-6-15-13/h2,5-6,11H,3-4,7-10H2,1H3. The molecule has 1 aliphatic heterocycles. The van der Waals surface area contributed by atoms with E-state index in [1.165, 1.54) is 0 Å². The number of piperidine rings is 1. The number of anilines is 1. The first-order chi connectivity index (χ1) is 9.31. The molecular weight excluding hydrogens is 262 g/mol. The first-order valence-electron chi connectivity index (χ1n) is 6.49. The van der Waals surface area contributed by atoms with Crippen molar-refractivity contribution in [2.45, 2.75) is 12.8 Å². The molecule has 0 aromatic carbocycles. The number of hydrogen-bond donors (Lipinski definition) is 0. The third-order valence-corrected chi connectivity index (χ3v) is 3.77. The predicted octanol–water partition coefficient (Wildman–Crippen LogP) is 1.60. The molecule has 1 aliphatic rings. The Bertz CT molecular complexity index is 394. The molecule has 1 aromatic heterocycles. The predicted molar refractivity (Wildman–Crippen MR) is 76.3 cm³/mol. The van der Waals surface area contributed by atoms with E-state index in [9.17, 15) is 4.79 Å². The monoisotopic (exact) mass is 281 g/mol. The summed E-state index contributed by atoms with van der Waals surface area (Å²) >= 11 is 1.69. The summed E-state index contributed by atoms with van der Waals surface area (Å²) in [7, 11) is 0. The maximum absolute atomic E-state index is 11.8. The summed E-state index contributed by atoms with van der Waals surface area (Å²) in [6.07, 6.45) is 7.12. The Morgan fingerprint density at radius 2 is 2.11 bits per heavy atom. The van der Waals surface area contributed by atoms with Crippen LogP contribution in [0.4, 0.5) is 5.95 Å². The molecule has 5 nitrogen and oxygen atoms in total. The van der Waals surface area contributed by atoms with Crippen LogP contribution < -0.4 is 4.90 Å². The van der Waals surface area contributed by atoms with Crippen LogP contribution in [0.2, 0.25) is 0 Å². The third-order valence-electron chi connectivity index (χ3n) is 3.20. The molecule has 2 heterocycles. The molecule has 0 unspecified atom stereocenters. The van der Waals surface area contributed by atoms with Crippen LogP contribution in [0.3, 0.4) is 0 Å². The van der Waals surface area contributed by atoms with Gasteiger partial charge >= 0.3 is 5.97 Å². The van der Waals surface area contributed by atoms with Gasteiger partial charge in [0.1, 0.15) is 6.61 Å². The number of carbonyl (C=O) groups excluding carboxylic acids is 1. The number of aromatic nitrogens is 2. The van der Waals surface area contributed by atoms with Crippen LogP contribution >= 0.6 is 11.8 Å². The molecule has 0 atom stereocenters. The summed E-state index contributed by atoms with van der Waals surface area (Å²) in [5.41, 5.74) is 0. The summed E-state index contributed by atoms with van der Waals surface area (Å²) in [6, 6.07) is 1.80. The molecule has 6 heteroatoms. The average molecular weight is 281 g/mol. The first kappa shape index (κ1) is 14.1. The van der Waals surface area contributed by atoms with E-state index in [0.29, 0.717) is 6.61 Å². The Morgan fingerprint density at radius 3 is 2.74 bits per heavy atom. The summed E-state index contributed by atoms with van der Waals surface area (Å²) < 4.78 is 5.25. The number of ether oxygens (including phenoxy) is 1. The Morgan fingerprint density at radius 1 is 1.42 bits per heavy atom. The maximum atomic E-state index is 11.8. The SMILES string of the molecule is CSCCOC(=O)C1CCN(c2ncccn2)CC1. The maximum Gasteiger partial charge on any atom is 0.309 e. The van der Waals surface area contributed by atoms with Crippen LogP contribution in [0.5, 0.6) is 0 Å². The van der Waals surface area contributed by atoms with Gasteiger partial charge in [0.2, 0.25) is 5.95 Å². The molecule has 0 radical (unpaired) electrons. The molecule has 0 saturated carbocycles. The van der Waals surface area contributed by atoms with Gasteiger partial charge in [-0.2, -0.15) is 11.8 Å². The van der Waals surface area contributed by atoms with E-state index in [1.807, 2.05) is 6.26 Å². The zero-order valence-electron chi connectivity index (χ0n) is 11.1. The van der Waals surface area contributed by atoms with E-state index in [2.05, 4.69) is 14.9 Å². The molecular formula is C13H19N3O2S. The van der Waals surface area contributed by atoms with Crippen molar-refractivity contribution in [2.24, 2.45) is 5.92 Å². The fourth-order valence-corrected chi connectivity index (χ4v) is 2.36. The Kier molecular flexibility index (Phi) is 5.44. The van der Waals surface area contributed by atoms with Gasteiger partial charge in [-0.05, 0) is 25.2 Å². The van der Waals surface area contributed by atoms with Crippen molar-refractivity contribution in [1.82, 2.24) is 9.97 Å². The second kappa shape index (κ2) is 7.33. The lowest BCUT2D eigenvalue weighted by atomic mass is 9.97. The highest BCUT2D eigenvalue weighted by molar-refractivity contribution is 7.98. The molecule has 1 aromatic rings. The summed E-state index contributed by atoms with van der Waals surface area (Å²) in [4.78, 5) is 22.4. The van der Waals surface area contributed by atoms with Crippen molar-refractivity contribution < 1.29 is 9.53 Å². The lowest BCUT2D eigenvalue weighted by molar-refractivity contribution is -0.148. The van der Waals surface area contributed by atoms with E-state index in [-0.39, 0.29) is 11.9 Å². The molecule has 0 spiro atoms. The van der Waals surface area contributed by atoms with Gasteiger partial charge in [-0.3, -0.25) is 4.79 Å². The zero-order valence-corrected chi connectivity index (χ0v) is 11.9. The molecule has 104 valence electrons. The van der Waals surface area contributed by atoms with Gasteiger partial charge in [-0.1, -0.05) is 0 Å². The highest BCUT2D eigenvalue weighted by Crippen LogP contribution is 2.21. The van der Waals surface area contributed by atoms with Gasteiger partial charge in [0.25, 0.3) is 0 Å². The minimum atomic E-state index is -0.0531. The third kappa shape index (κ3) is 4.09. The molecule has 0 amide bonds. The molecule has 0 bridgehead atoms. The quantitative estimate of drug-likeness (QED) is 0.603. The van der Waals surface area contributed by atoms with Crippen molar-refractivity contribution in [3.05, 3.63) is 18.5 Å². The van der Waals surface area contributed by atoms with Gasteiger partial charge in [-0.15, -0.1) is 0 Å². The van der Waals surface area contributed by atoms with Gasteiger partial charge in [0, 0.05) is 31.2 Å². The molecule has 19 heavy (non-hydrogen) atoms. The second-order valence-electron chi connectivity index (χ2n) is 4.47. The van der Waals surface area contributed by atoms with Crippen LogP contribution in [-0.2, 0) is 9.53 Å². The lowest BCUT2D eigenvalue weighted by Gasteiger charge is -2.30.